The fraction of sp³-hybridized carbons (Fsp3) is 0.188. The van der Waals surface area contributed by atoms with Gasteiger partial charge < -0.3 is 15.4 Å². The molecule has 0 saturated heterocycles. The smallest absolute Gasteiger partial charge is 0.422 e. The van der Waals surface area contributed by atoms with Gasteiger partial charge in [0.15, 0.2) is 6.61 Å². The average molecular weight is 403 g/mol. The van der Waals surface area contributed by atoms with Crippen molar-refractivity contribution in [3.63, 3.8) is 0 Å². The number of anilines is 1. The highest BCUT2D eigenvalue weighted by Gasteiger charge is 2.28. The maximum atomic E-state index is 12.1. The van der Waals surface area contributed by atoms with Crippen molar-refractivity contribution in [2.45, 2.75) is 17.6 Å². The van der Waals surface area contributed by atoms with Gasteiger partial charge in [-0.05, 0) is 42.0 Å². The Hall–Kier alpha value is -2.79. The summed E-state index contributed by atoms with van der Waals surface area (Å²) < 4.78 is 63.1. The van der Waals surface area contributed by atoms with Gasteiger partial charge in [-0.15, -0.1) is 0 Å². The highest BCUT2D eigenvalue weighted by molar-refractivity contribution is 7.89. The number of nitrogens with two attached hydrogens (primary N) is 1. The Morgan fingerprint density at radius 2 is 1.63 bits per heavy atom. The lowest BCUT2D eigenvalue weighted by atomic mass is 10.2. The first-order valence-corrected chi connectivity index (χ1v) is 9.04. The van der Waals surface area contributed by atoms with Crippen molar-refractivity contribution in [1.82, 2.24) is 5.32 Å². The number of carbonyl (C=O) groups excluding carboxylic acids is 1. The molecule has 146 valence electrons. The van der Waals surface area contributed by atoms with Crippen LogP contribution in [0.5, 0.6) is 5.75 Å². The van der Waals surface area contributed by atoms with Crippen molar-refractivity contribution in [1.29, 1.82) is 0 Å². The second kappa shape index (κ2) is 8.27. The van der Waals surface area contributed by atoms with Gasteiger partial charge in [0.1, 0.15) is 5.75 Å². The zero-order valence-corrected chi connectivity index (χ0v) is 14.6. The van der Waals surface area contributed by atoms with Gasteiger partial charge in [-0.25, -0.2) is 18.4 Å². The van der Waals surface area contributed by atoms with Crippen molar-refractivity contribution in [2.24, 2.45) is 5.14 Å². The molecule has 11 heteroatoms. The number of rotatable bonds is 6. The summed E-state index contributed by atoms with van der Waals surface area (Å²) in [6, 6.07) is 10.5. The minimum absolute atomic E-state index is 0.0653. The summed E-state index contributed by atoms with van der Waals surface area (Å²) in [5.41, 5.74) is 1.00. The number of primary sulfonamides is 1. The van der Waals surface area contributed by atoms with Gasteiger partial charge in [0.2, 0.25) is 10.0 Å². The first-order chi connectivity index (χ1) is 12.5. The maximum Gasteiger partial charge on any atom is 0.422 e. The molecule has 2 aromatic rings. The first kappa shape index (κ1) is 20.5. The molecule has 0 aliphatic rings. The molecule has 2 rings (SSSR count). The molecule has 0 bridgehead atoms. The molecule has 7 nitrogen and oxygen atoms in total. The first-order valence-electron chi connectivity index (χ1n) is 7.49. The highest BCUT2D eigenvalue weighted by atomic mass is 32.2. The Labute approximate surface area is 153 Å². The van der Waals surface area contributed by atoms with Crippen LogP contribution >= 0.6 is 0 Å². The van der Waals surface area contributed by atoms with E-state index in [9.17, 15) is 26.4 Å². The fourth-order valence-electron chi connectivity index (χ4n) is 1.95. The van der Waals surface area contributed by atoms with Gasteiger partial charge in [0, 0.05) is 12.2 Å². The molecule has 0 radical (unpaired) electrons. The van der Waals surface area contributed by atoms with Crippen LogP contribution in [0, 0.1) is 0 Å². The van der Waals surface area contributed by atoms with Crippen molar-refractivity contribution in [3.8, 4) is 5.75 Å². The summed E-state index contributed by atoms with van der Waals surface area (Å²) in [5.74, 6) is 0.0653. The van der Waals surface area contributed by atoms with Crippen molar-refractivity contribution >= 4 is 21.7 Å². The molecule has 2 aromatic carbocycles. The van der Waals surface area contributed by atoms with E-state index in [0.29, 0.717) is 11.3 Å². The third-order valence-electron chi connectivity index (χ3n) is 3.22. The zero-order chi connectivity index (χ0) is 20.1. The van der Waals surface area contributed by atoms with Crippen LogP contribution in [0.15, 0.2) is 53.4 Å². The normalized spacial score (nSPS) is 11.7. The molecule has 0 saturated carbocycles. The molecule has 0 aliphatic heterocycles. The third kappa shape index (κ3) is 7.15. The molecule has 0 fully saturated rings. The second-order valence-corrected chi connectivity index (χ2v) is 6.99. The molecular formula is C16H16F3N3O4S. The minimum Gasteiger partial charge on any atom is -0.484 e. The predicted molar refractivity (Wildman–Crippen MR) is 91.7 cm³/mol. The minimum atomic E-state index is -4.41. The molecule has 0 unspecified atom stereocenters. The molecule has 0 atom stereocenters. The van der Waals surface area contributed by atoms with Crippen LogP contribution in [0.4, 0.5) is 23.7 Å². The topological polar surface area (TPSA) is 111 Å². The second-order valence-electron chi connectivity index (χ2n) is 5.42. The lowest BCUT2D eigenvalue weighted by Crippen LogP contribution is -2.28. The number of hydrogen-bond donors (Lipinski definition) is 3. The number of nitrogens with one attached hydrogen (secondary N) is 2. The van der Waals surface area contributed by atoms with E-state index in [2.05, 4.69) is 15.4 Å². The van der Waals surface area contributed by atoms with E-state index in [-0.39, 0.29) is 17.2 Å². The molecule has 0 aromatic heterocycles. The quantitative estimate of drug-likeness (QED) is 0.688. The summed E-state index contributed by atoms with van der Waals surface area (Å²) in [5, 5.41) is 10.0. The number of amides is 2. The van der Waals surface area contributed by atoms with Crippen LogP contribution in [0.2, 0.25) is 0 Å². The number of halogens is 3. The molecule has 2 amide bonds. The summed E-state index contributed by atoms with van der Waals surface area (Å²) in [7, 11) is -3.81. The average Bonchev–Trinajstić information content (AvgIpc) is 2.58. The Morgan fingerprint density at radius 3 is 2.15 bits per heavy atom. The summed E-state index contributed by atoms with van der Waals surface area (Å²) in [4.78, 5) is 11.8. The zero-order valence-electron chi connectivity index (χ0n) is 13.8. The molecule has 0 aliphatic carbocycles. The van der Waals surface area contributed by atoms with E-state index in [1.807, 2.05) is 0 Å². The highest BCUT2D eigenvalue weighted by Crippen LogP contribution is 2.19. The van der Waals surface area contributed by atoms with Gasteiger partial charge in [-0.3, -0.25) is 0 Å². The summed E-state index contributed by atoms with van der Waals surface area (Å²) in [6.45, 7) is -1.25. The molecule has 0 heterocycles. The number of benzene rings is 2. The van der Waals surface area contributed by atoms with Gasteiger partial charge in [0.25, 0.3) is 0 Å². The fourth-order valence-corrected chi connectivity index (χ4v) is 2.47. The SMILES string of the molecule is NS(=O)(=O)c1ccc(NC(=O)NCc2ccc(OCC(F)(F)F)cc2)cc1. The third-order valence-corrected chi connectivity index (χ3v) is 4.15. The Kier molecular flexibility index (Phi) is 6.28. The van der Waals surface area contributed by atoms with E-state index in [4.69, 9.17) is 5.14 Å². The van der Waals surface area contributed by atoms with Crippen molar-refractivity contribution in [3.05, 3.63) is 54.1 Å². The van der Waals surface area contributed by atoms with Crippen molar-refractivity contribution < 1.29 is 31.1 Å². The monoisotopic (exact) mass is 403 g/mol. The van der Waals surface area contributed by atoms with Crippen LogP contribution < -0.4 is 20.5 Å². The number of ether oxygens (including phenoxy) is 1. The molecule has 0 spiro atoms. The van der Waals surface area contributed by atoms with Crippen molar-refractivity contribution in [2.75, 3.05) is 11.9 Å². The predicted octanol–water partition coefficient (Wildman–Crippen LogP) is 2.60. The number of carbonyl (C=O) groups is 1. The Morgan fingerprint density at radius 1 is 1.04 bits per heavy atom. The maximum absolute atomic E-state index is 12.1. The van der Waals surface area contributed by atoms with E-state index in [1.54, 1.807) is 0 Å². The Balaban J connectivity index is 1.83. The number of urea groups is 1. The van der Waals surface area contributed by atoms with Gasteiger partial charge in [-0.1, -0.05) is 12.1 Å². The van der Waals surface area contributed by atoms with Gasteiger partial charge >= 0.3 is 12.2 Å². The molecular weight excluding hydrogens is 387 g/mol. The number of sulfonamides is 1. The number of alkyl halides is 3. The van der Waals surface area contributed by atoms with E-state index in [1.165, 1.54) is 48.5 Å². The summed E-state index contributed by atoms with van der Waals surface area (Å²) >= 11 is 0. The molecule has 27 heavy (non-hydrogen) atoms. The van der Waals surface area contributed by atoms with Crippen LogP contribution in [0.25, 0.3) is 0 Å². The number of hydrogen-bond acceptors (Lipinski definition) is 4. The van der Waals surface area contributed by atoms with E-state index in [0.717, 1.165) is 0 Å². The Bertz CT molecular complexity index is 883. The van der Waals surface area contributed by atoms with Crippen LogP contribution in [0.3, 0.4) is 0 Å². The van der Waals surface area contributed by atoms with E-state index < -0.39 is 28.8 Å². The lowest BCUT2D eigenvalue weighted by Gasteiger charge is -2.10. The summed E-state index contributed by atoms with van der Waals surface area (Å²) in [6.07, 6.45) is -4.41. The van der Waals surface area contributed by atoms with Gasteiger partial charge in [-0.2, -0.15) is 13.2 Å². The standard InChI is InChI=1S/C16H16F3N3O4S/c17-16(18,19)10-26-13-5-1-11(2-6-13)9-21-15(23)22-12-3-7-14(8-4-12)27(20,24)25/h1-8H,9-10H2,(H2,20,24,25)(H2,21,22,23). The van der Waals surface area contributed by atoms with Gasteiger partial charge in [0.05, 0.1) is 4.90 Å². The lowest BCUT2D eigenvalue weighted by molar-refractivity contribution is -0.153. The van der Waals surface area contributed by atoms with Crippen LogP contribution in [-0.4, -0.2) is 27.2 Å². The van der Waals surface area contributed by atoms with E-state index >= 15 is 0 Å². The van der Waals surface area contributed by atoms with Crippen LogP contribution in [-0.2, 0) is 16.6 Å². The largest absolute Gasteiger partial charge is 0.484 e. The van der Waals surface area contributed by atoms with Crippen LogP contribution in [0.1, 0.15) is 5.56 Å². The molecule has 4 N–H and O–H groups in total.